The Morgan fingerprint density at radius 2 is 1.71 bits per heavy atom. The fourth-order valence-corrected chi connectivity index (χ4v) is 3.33. The van der Waals surface area contributed by atoms with Crippen LogP contribution in [0.15, 0.2) is 29.4 Å². The van der Waals surface area contributed by atoms with Gasteiger partial charge in [-0.1, -0.05) is 0 Å². The van der Waals surface area contributed by atoms with Gasteiger partial charge in [-0.05, 0) is 40.3 Å². The zero-order valence-electron chi connectivity index (χ0n) is 12.3. The molecule has 0 spiro atoms. The molecule has 116 valence electrons. The van der Waals surface area contributed by atoms with Crippen LogP contribution in [-0.2, 0) is 4.57 Å². The van der Waals surface area contributed by atoms with Gasteiger partial charge >= 0.3 is 0 Å². The first-order valence-corrected chi connectivity index (χ1v) is 7.60. The highest BCUT2D eigenvalue weighted by molar-refractivity contribution is 7.76. The molecule has 0 aliphatic heterocycles. The fraction of sp³-hybridized carbons (Fsp3) is 0.364. The average molecular weight is 314 g/mol. The Hall–Kier alpha value is -1.96. The van der Waals surface area contributed by atoms with Crippen LogP contribution >= 0.6 is 7.44 Å². The van der Waals surface area contributed by atoms with Crippen LogP contribution in [0.2, 0.25) is 0 Å². The van der Waals surface area contributed by atoms with Gasteiger partial charge in [0.25, 0.3) is 13.1 Å². The quantitative estimate of drug-likeness (QED) is 0.269. The molecule has 10 heteroatoms. The Labute approximate surface area is 123 Å². The normalized spacial score (nSPS) is 12.8. The molecule has 0 fully saturated rings. The van der Waals surface area contributed by atoms with Crippen LogP contribution in [-0.4, -0.2) is 48.0 Å². The lowest BCUT2D eigenvalue weighted by Gasteiger charge is -2.29. The van der Waals surface area contributed by atoms with Gasteiger partial charge in [-0.15, -0.1) is 0 Å². The third-order valence-electron chi connectivity index (χ3n) is 2.76. The lowest BCUT2D eigenvalue weighted by molar-refractivity contribution is -0.384. The van der Waals surface area contributed by atoms with E-state index in [0.29, 0.717) is 5.69 Å². The summed E-state index contributed by atoms with van der Waals surface area (Å²) in [5.74, 6) is 0. The van der Waals surface area contributed by atoms with Gasteiger partial charge in [0, 0.05) is 12.1 Å². The monoisotopic (exact) mass is 314 g/mol. The fourth-order valence-electron chi connectivity index (χ4n) is 1.61. The number of rotatable bonds is 6. The summed E-state index contributed by atoms with van der Waals surface area (Å²) in [6.07, 6.45) is 0. The number of anilines is 1. The van der Waals surface area contributed by atoms with Crippen molar-refractivity contribution in [2.24, 2.45) is 10.8 Å². The molecule has 21 heavy (non-hydrogen) atoms. The molecular weight excluding hydrogens is 295 g/mol. The number of hydrazone groups is 1. The van der Waals surface area contributed by atoms with Crippen LogP contribution in [0.5, 0.6) is 0 Å². The molecule has 0 saturated carbocycles. The van der Waals surface area contributed by atoms with Gasteiger partial charge in [-0.2, -0.15) is 5.10 Å². The van der Waals surface area contributed by atoms with Crippen molar-refractivity contribution in [1.29, 1.82) is 0 Å². The molecule has 0 aromatic heterocycles. The van der Waals surface area contributed by atoms with E-state index in [-0.39, 0.29) is 11.3 Å². The van der Waals surface area contributed by atoms with Gasteiger partial charge in [0.15, 0.2) is 0 Å². The van der Waals surface area contributed by atoms with Crippen molar-refractivity contribution in [2.45, 2.75) is 0 Å². The van der Waals surface area contributed by atoms with Crippen molar-refractivity contribution < 1.29 is 9.49 Å². The molecule has 0 atom stereocenters. The Bertz CT molecular complexity index is 572. The number of nitrogens with two attached hydrogens (primary N) is 1. The zero-order valence-corrected chi connectivity index (χ0v) is 13.2. The third-order valence-corrected chi connectivity index (χ3v) is 5.63. The zero-order chi connectivity index (χ0) is 16.2. The van der Waals surface area contributed by atoms with Crippen LogP contribution in [0.3, 0.4) is 0 Å². The smallest absolute Gasteiger partial charge is 0.280 e. The summed E-state index contributed by atoms with van der Waals surface area (Å²) in [4.78, 5) is 10.1. The van der Waals surface area contributed by atoms with E-state index in [1.165, 1.54) is 33.6 Å². The maximum absolute atomic E-state index is 12.7. The molecule has 0 radical (unpaired) electrons. The van der Waals surface area contributed by atoms with Crippen LogP contribution in [0.25, 0.3) is 0 Å². The number of hydrogen-bond acceptors (Lipinski definition) is 5. The second-order valence-corrected chi connectivity index (χ2v) is 7.77. The highest BCUT2D eigenvalue weighted by Crippen LogP contribution is 2.49. The third kappa shape index (κ3) is 3.78. The van der Waals surface area contributed by atoms with Gasteiger partial charge in [-0.25, -0.2) is 9.34 Å². The van der Waals surface area contributed by atoms with E-state index in [0.717, 1.165) is 0 Å². The largest absolute Gasteiger partial charge is 0.377 e. The SMILES string of the molecule is CN(C)P(=O)(C(N)=NNc1ccc([N+](=O)[O-])cc1)N(C)C. The molecule has 0 aliphatic carbocycles. The Kier molecular flexibility index (Phi) is 5.42. The summed E-state index contributed by atoms with van der Waals surface area (Å²) in [5, 5.41) is 14.5. The lowest BCUT2D eigenvalue weighted by Crippen LogP contribution is -2.31. The second-order valence-electron chi connectivity index (χ2n) is 4.62. The van der Waals surface area contributed by atoms with Crippen molar-refractivity contribution in [3.05, 3.63) is 34.4 Å². The van der Waals surface area contributed by atoms with E-state index >= 15 is 0 Å². The minimum atomic E-state index is -3.09. The number of benzene rings is 1. The van der Waals surface area contributed by atoms with Crippen LogP contribution in [0.4, 0.5) is 11.4 Å². The van der Waals surface area contributed by atoms with Crippen molar-refractivity contribution in [3.8, 4) is 0 Å². The number of nitrogens with one attached hydrogen (secondary N) is 1. The molecular formula is C11H19N6O3P. The van der Waals surface area contributed by atoms with Gasteiger partial charge in [-0.3, -0.25) is 20.1 Å². The maximum atomic E-state index is 12.7. The van der Waals surface area contributed by atoms with Crippen LogP contribution in [0, 0.1) is 10.1 Å². The summed E-state index contributed by atoms with van der Waals surface area (Å²) >= 11 is 0. The van der Waals surface area contributed by atoms with Gasteiger partial charge in [0.2, 0.25) is 5.58 Å². The van der Waals surface area contributed by atoms with Gasteiger partial charge in [0.1, 0.15) is 0 Å². The molecule has 0 bridgehead atoms. The molecule has 1 rings (SSSR count). The van der Waals surface area contributed by atoms with E-state index in [1.807, 2.05) is 0 Å². The summed E-state index contributed by atoms with van der Waals surface area (Å²) in [5.41, 5.74) is 8.88. The number of non-ortho nitro benzene ring substituents is 1. The van der Waals surface area contributed by atoms with Crippen LogP contribution in [0.1, 0.15) is 0 Å². The van der Waals surface area contributed by atoms with E-state index < -0.39 is 12.4 Å². The maximum Gasteiger partial charge on any atom is 0.280 e. The summed E-state index contributed by atoms with van der Waals surface area (Å²) in [6, 6.07) is 5.66. The number of nitro benzene ring substituents is 1. The Morgan fingerprint density at radius 1 is 1.24 bits per heavy atom. The Morgan fingerprint density at radius 3 is 2.10 bits per heavy atom. The molecule has 1 aromatic carbocycles. The molecule has 0 heterocycles. The first-order valence-electron chi connectivity index (χ1n) is 5.99. The van der Waals surface area contributed by atoms with Crippen molar-refractivity contribution in [2.75, 3.05) is 33.6 Å². The first kappa shape index (κ1) is 17.1. The lowest BCUT2D eigenvalue weighted by atomic mass is 10.3. The predicted molar refractivity (Wildman–Crippen MR) is 83.3 cm³/mol. The second kappa shape index (κ2) is 6.66. The van der Waals surface area contributed by atoms with E-state index in [1.54, 1.807) is 28.2 Å². The average Bonchev–Trinajstić information content (AvgIpc) is 2.43. The number of nitrogens with zero attached hydrogens (tertiary/aromatic N) is 4. The van der Waals surface area contributed by atoms with E-state index in [2.05, 4.69) is 10.5 Å². The standard InChI is InChI=1S/C11H19N6O3P/c1-15(2)21(20,16(3)4)11(12)14-13-9-5-7-10(8-6-9)17(18)19/h5-8,13H,1-4H3,(H2,12,14). The molecule has 1 aromatic rings. The van der Waals surface area contributed by atoms with Gasteiger partial charge < -0.3 is 5.73 Å². The summed E-state index contributed by atoms with van der Waals surface area (Å²) in [6.45, 7) is 0. The highest BCUT2D eigenvalue weighted by Gasteiger charge is 2.33. The molecule has 0 amide bonds. The summed E-state index contributed by atoms with van der Waals surface area (Å²) in [7, 11) is 3.50. The minimum Gasteiger partial charge on any atom is -0.377 e. The first-order chi connectivity index (χ1) is 9.69. The minimum absolute atomic E-state index is 0.0234. The number of hydrogen-bond donors (Lipinski definition) is 2. The van der Waals surface area contributed by atoms with Crippen molar-refractivity contribution in [1.82, 2.24) is 9.34 Å². The predicted octanol–water partition coefficient (Wildman–Crippen LogP) is 1.55. The van der Waals surface area contributed by atoms with Gasteiger partial charge in [0.05, 0.1) is 10.6 Å². The van der Waals surface area contributed by atoms with E-state index in [9.17, 15) is 14.7 Å². The number of nitro groups is 1. The number of amidine groups is 1. The summed E-state index contributed by atoms with van der Waals surface area (Å²) < 4.78 is 15.8. The van der Waals surface area contributed by atoms with E-state index in [4.69, 9.17) is 5.73 Å². The van der Waals surface area contributed by atoms with Crippen molar-refractivity contribution >= 4 is 24.4 Å². The molecule has 0 saturated heterocycles. The van der Waals surface area contributed by atoms with Crippen molar-refractivity contribution in [3.63, 3.8) is 0 Å². The van der Waals surface area contributed by atoms with Crippen LogP contribution < -0.4 is 11.2 Å². The molecule has 9 nitrogen and oxygen atoms in total. The topological polar surface area (TPSA) is 117 Å². The highest BCUT2D eigenvalue weighted by atomic mass is 31.2. The molecule has 3 N–H and O–H groups in total. The molecule has 0 aliphatic rings. The Balaban J connectivity index is 2.93. The molecule has 0 unspecified atom stereocenters.